The summed E-state index contributed by atoms with van der Waals surface area (Å²) in [4.78, 5) is 0. The van der Waals surface area contributed by atoms with E-state index in [1.165, 1.54) is 7.11 Å². The average Bonchev–Trinajstić information content (AvgIpc) is 3.03. The molecule has 44 heavy (non-hydrogen) atoms. The summed E-state index contributed by atoms with van der Waals surface area (Å²) in [5.41, 5.74) is 5.41. The second-order valence-electron chi connectivity index (χ2n) is 12.4. The number of hydrogen-bond donors (Lipinski definition) is 4. The van der Waals surface area contributed by atoms with E-state index in [1.807, 2.05) is 18.2 Å². The van der Waals surface area contributed by atoms with Crippen molar-refractivity contribution < 1.29 is 39.4 Å². The molecule has 236 valence electrons. The number of phenols is 3. The highest BCUT2D eigenvalue weighted by Gasteiger charge is 2.43. The van der Waals surface area contributed by atoms with Crippen molar-refractivity contribution in [2.24, 2.45) is 0 Å². The van der Waals surface area contributed by atoms with Gasteiger partial charge in [-0.1, -0.05) is 38.7 Å². The number of aliphatic hydroxyl groups excluding tert-OH is 1. The summed E-state index contributed by atoms with van der Waals surface area (Å²) in [5, 5.41) is 44.6. The lowest BCUT2D eigenvalue weighted by molar-refractivity contribution is -0.00477. The molecule has 1 saturated carbocycles. The number of aryl methyl sites for hydroxylation is 1. The Morgan fingerprint density at radius 2 is 1.68 bits per heavy atom. The highest BCUT2D eigenvalue weighted by Crippen LogP contribution is 2.56. The number of fused-ring (bicyclic) bond motifs is 5. The maximum Gasteiger partial charge on any atom is 0.207 e. The lowest BCUT2D eigenvalue weighted by Crippen LogP contribution is -2.36. The number of rotatable bonds is 9. The molecular weight excluding hydrogens is 560 g/mol. The molecule has 1 heterocycles. The van der Waals surface area contributed by atoms with Crippen LogP contribution in [0.25, 0.3) is 11.1 Å². The SMILES string of the molecule is CCCCC[C@H]1c2c(cc(OC)c3c2CCc2cc(O)ccc2-3)O[C@@H](c2cc(OC3CCCCC3)c(O)c(OC)c2O)[C@@H]1O. The predicted molar refractivity (Wildman–Crippen MR) is 168 cm³/mol. The Bertz CT molecular complexity index is 1510. The van der Waals surface area contributed by atoms with Gasteiger partial charge in [-0.05, 0) is 79.8 Å². The van der Waals surface area contributed by atoms with E-state index in [0.717, 1.165) is 92.0 Å². The molecule has 0 bridgehead atoms. The van der Waals surface area contributed by atoms with Gasteiger partial charge in [0.15, 0.2) is 17.6 Å². The highest BCUT2D eigenvalue weighted by molar-refractivity contribution is 5.82. The number of phenolic OH excluding ortho intramolecular Hbond substituents is 3. The molecule has 2 aliphatic carbocycles. The summed E-state index contributed by atoms with van der Waals surface area (Å²) >= 11 is 0. The number of benzene rings is 3. The van der Waals surface area contributed by atoms with Crippen molar-refractivity contribution in [1.29, 1.82) is 0 Å². The third-order valence-corrected chi connectivity index (χ3v) is 9.67. The monoisotopic (exact) mass is 604 g/mol. The molecular formula is C36H44O8. The van der Waals surface area contributed by atoms with Gasteiger partial charge in [-0.15, -0.1) is 0 Å². The minimum atomic E-state index is -0.985. The Kier molecular flexibility index (Phi) is 8.72. The molecule has 0 amide bonds. The molecule has 0 aromatic heterocycles. The van der Waals surface area contributed by atoms with E-state index in [1.54, 1.807) is 19.2 Å². The summed E-state index contributed by atoms with van der Waals surface area (Å²) in [7, 11) is 3.02. The van der Waals surface area contributed by atoms with Crippen LogP contribution in [0.2, 0.25) is 0 Å². The number of methoxy groups -OCH3 is 2. The second kappa shape index (κ2) is 12.7. The van der Waals surface area contributed by atoms with Crippen LogP contribution in [-0.4, -0.2) is 46.9 Å². The van der Waals surface area contributed by atoms with E-state index < -0.39 is 12.2 Å². The third-order valence-electron chi connectivity index (χ3n) is 9.67. The molecule has 8 heteroatoms. The Hall–Kier alpha value is -3.78. The van der Waals surface area contributed by atoms with Crippen LogP contribution in [-0.2, 0) is 12.8 Å². The van der Waals surface area contributed by atoms with Crippen molar-refractivity contribution in [3.05, 3.63) is 52.6 Å². The first-order valence-electron chi connectivity index (χ1n) is 16.1. The summed E-state index contributed by atoms with van der Waals surface area (Å²) in [6.45, 7) is 2.16. The number of aliphatic hydroxyl groups is 1. The van der Waals surface area contributed by atoms with E-state index in [4.69, 9.17) is 18.9 Å². The van der Waals surface area contributed by atoms with Crippen LogP contribution < -0.4 is 18.9 Å². The largest absolute Gasteiger partial charge is 0.508 e. The Morgan fingerprint density at radius 3 is 2.41 bits per heavy atom. The lowest BCUT2D eigenvalue weighted by Gasteiger charge is -2.40. The minimum absolute atomic E-state index is 0.0444. The summed E-state index contributed by atoms with van der Waals surface area (Å²) in [5.74, 6) is 0.815. The predicted octanol–water partition coefficient (Wildman–Crippen LogP) is 7.46. The number of aromatic hydroxyl groups is 3. The van der Waals surface area contributed by atoms with Crippen LogP contribution in [0, 0.1) is 0 Å². The van der Waals surface area contributed by atoms with Crippen LogP contribution >= 0.6 is 0 Å². The molecule has 3 atom stereocenters. The zero-order valence-electron chi connectivity index (χ0n) is 25.9. The van der Waals surface area contributed by atoms with Gasteiger partial charge < -0.3 is 39.4 Å². The first-order chi connectivity index (χ1) is 21.4. The maximum atomic E-state index is 12.1. The summed E-state index contributed by atoms with van der Waals surface area (Å²) < 4.78 is 24.3. The van der Waals surface area contributed by atoms with Crippen molar-refractivity contribution in [3.63, 3.8) is 0 Å². The Labute approximate surface area is 259 Å². The van der Waals surface area contributed by atoms with Gasteiger partial charge in [0.1, 0.15) is 23.4 Å². The molecule has 8 nitrogen and oxygen atoms in total. The Balaban J connectivity index is 1.47. The Morgan fingerprint density at radius 1 is 0.886 bits per heavy atom. The highest BCUT2D eigenvalue weighted by atomic mass is 16.5. The zero-order chi connectivity index (χ0) is 31.0. The van der Waals surface area contributed by atoms with Crippen molar-refractivity contribution in [1.82, 2.24) is 0 Å². The van der Waals surface area contributed by atoms with Crippen molar-refractivity contribution in [3.8, 4) is 51.4 Å². The number of ether oxygens (including phenoxy) is 4. The smallest absolute Gasteiger partial charge is 0.207 e. The van der Waals surface area contributed by atoms with Gasteiger partial charge in [0, 0.05) is 28.7 Å². The van der Waals surface area contributed by atoms with Crippen LogP contribution in [0.5, 0.6) is 40.2 Å². The maximum absolute atomic E-state index is 12.1. The lowest BCUT2D eigenvalue weighted by atomic mass is 9.74. The molecule has 3 aromatic carbocycles. The first-order valence-corrected chi connectivity index (χ1v) is 16.1. The van der Waals surface area contributed by atoms with Gasteiger partial charge in [-0.25, -0.2) is 0 Å². The summed E-state index contributed by atoms with van der Waals surface area (Å²) in [6, 6.07) is 8.92. The van der Waals surface area contributed by atoms with Gasteiger partial charge in [0.2, 0.25) is 11.5 Å². The van der Waals surface area contributed by atoms with E-state index >= 15 is 0 Å². The topological polar surface area (TPSA) is 118 Å². The van der Waals surface area contributed by atoms with Crippen LogP contribution in [0.1, 0.15) is 99.0 Å². The zero-order valence-corrected chi connectivity index (χ0v) is 25.9. The fourth-order valence-electron chi connectivity index (χ4n) is 7.47. The van der Waals surface area contributed by atoms with E-state index in [-0.39, 0.29) is 40.8 Å². The van der Waals surface area contributed by atoms with Gasteiger partial charge in [-0.3, -0.25) is 0 Å². The van der Waals surface area contributed by atoms with Gasteiger partial charge in [-0.2, -0.15) is 0 Å². The molecule has 0 unspecified atom stereocenters. The summed E-state index contributed by atoms with van der Waals surface area (Å²) in [6.07, 6.45) is 8.31. The normalized spacial score (nSPS) is 21.0. The molecule has 3 aliphatic rings. The molecule has 4 N–H and O–H groups in total. The molecule has 1 fully saturated rings. The quantitative estimate of drug-likeness (QED) is 0.186. The molecule has 0 saturated heterocycles. The fraction of sp³-hybridized carbons (Fsp3) is 0.500. The van der Waals surface area contributed by atoms with Gasteiger partial charge in [0.05, 0.1) is 20.3 Å². The molecule has 0 radical (unpaired) electrons. The van der Waals surface area contributed by atoms with Crippen molar-refractivity contribution >= 4 is 0 Å². The molecule has 1 aliphatic heterocycles. The average molecular weight is 605 g/mol. The van der Waals surface area contributed by atoms with Crippen LogP contribution in [0.15, 0.2) is 30.3 Å². The number of unbranched alkanes of at least 4 members (excludes halogenated alkanes) is 2. The van der Waals surface area contributed by atoms with Gasteiger partial charge in [0.25, 0.3) is 0 Å². The van der Waals surface area contributed by atoms with E-state index in [2.05, 4.69) is 6.92 Å². The molecule has 6 rings (SSSR count). The van der Waals surface area contributed by atoms with Crippen LogP contribution in [0.3, 0.4) is 0 Å². The molecule has 0 spiro atoms. The third kappa shape index (κ3) is 5.38. The van der Waals surface area contributed by atoms with Crippen molar-refractivity contribution in [2.45, 2.75) is 102 Å². The molecule has 3 aromatic rings. The van der Waals surface area contributed by atoms with E-state index in [0.29, 0.717) is 23.5 Å². The standard InChI is InChI=1S/C36H44O8/c1-4-5-7-12-25-31-24-15-13-20-17-21(37)14-16-23(20)30(24)27(41-2)19-28(31)44-35(32(25)38)26-18-29(34(40)36(42-3)33(26)39)43-22-10-8-6-9-11-22/h14,16-19,22,25,32,35,37-40H,4-13,15H2,1-3H3/t25-,32+,35-/m0/s1. The van der Waals surface area contributed by atoms with Gasteiger partial charge >= 0.3 is 0 Å². The number of hydrogen-bond acceptors (Lipinski definition) is 8. The van der Waals surface area contributed by atoms with E-state index in [9.17, 15) is 20.4 Å². The van der Waals surface area contributed by atoms with Crippen molar-refractivity contribution in [2.75, 3.05) is 14.2 Å². The first kappa shape index (κ1) is 30.3. The second-order valence-corrected chi connectivity index (χ2v) is 12.4. The minimum Gasteiger partial charge on any atom is -0.508 e. The van der Waals surface area contributed by atoms with Crippen LogP contribution in [0.4, 0.5) is 0 Å². The fourth-order valence-corrected chi connectivity index (χ4v) is 7.47.